The summed E-state index contributed by atoms with van der Waals surface area (Å²) in [5.41, 5.74) is 1.57. The van der Waals surface area contributed by atoms with Gasteiger partial charge >= 0.3 is 5.97 Å². The molecule has 80 valence electrons. The smallest absolute Gasteiger partial charge is 0.357 e. The number of hydrogen-bond acceptors (Lipinski definition) is 4. The Morgan fingerprint density at radius 1 is 1.87 bits per heavy atom. The lowest BCUT2D eigenvalue weighted by molar-refractivity contribution is 0.0692. The van der Waals surface area contributed by atoms with Crippen LogP contribution in [0, 0.1) is 12.3 Å². The average Bonchev–Trinajstić information content (AvgIpc) is 2.65. The molecular weight excluding hydrogens is 212 g/mol. The maximum atomic E-state index is 10.8. The van der Waals surface area contributed by atoms with Gasteiger partial charge < -0.3 is 10.4 Å². The molecule has 15 heavy (non-hydrogen) atoms. The molecule has 0 amide bonds. The van der Waals surface area contributed by atoms with Crippen molar-refractivity contribution in [1.29, 1.82) is 0 Å². The van der Waals surface area contributed by atoms with Crippen molar-refractivity contribution in [2.75, 3.05) is 5.32 Å². The Morgan fingerprint density at radius 2 is 2.60 bits per heavy atom. The van der Waals surface area contributed by atoms with Gasteiger partial charge in [0.2, 0.25) is 0 Å². The minimum absolute atomic E-state index is 0.0653. The summed E-state index contributed by atoms with van der Waals surface area (Å²) >= 11 is 1.28. The molecule has 0 aliphatic heterocycles. The minimum Gasteiger partial charge on any atom is -0.476 e. The van der Waals surface area contributed by atoms with E-state index in [1.54, 1.807) is 0 Å². The standard InChI is InChI=1S/C10H12N2O2S/c1-3-5-7(4-2)12-9-8(10(13)14)11-6-15-9/h1,6-7,12H,4-5H2,2H3,(H,13,14). The first-order valence-electron chi connectivity index (χ1n) is 4.55. The zero-order chi connectivity index (χ0) is 11.3. The van der Waals surface area contributed by atoms with Gasteiger partial charge in [0.1, 0.15) is 5.00 Å². The monoisotopic (exact) mass is 224 g/mol. The summed E-state index contributed by atoms with van der Waals surface area (Å²) in [5.74, 6) is 1.53. The number of terminal acetylenes is 1. The largest absolute Gasteiger partial charge is 0.476 e. The highest BCUT2D eigenvalue weighted by Gasteiger charge is 2.15. The molecule has 0 spiro atoms. The van der Waals surface area contributed by atoms with E-state index < -0.39 is 5.97 Å². The van der Waals surface area contributed by atoms with E-state index in [1.165, 1.54) is 16.8 Å². The quantitative estimate of drug-likeness (QED) is 0.751. The third-order valence-electron chi connectivity index (χ3n) is 1.96. The van der Waals surface area contributed by atoms with Crippen LogP contribution in [0.4, 0.5) is 5.00 Å². The number of rotatable bonds is 5. The van der Waals surface area contributed by atoms with Crippen molar-refractivity contribution >= 4 is 22.3 Å². The molecule has 0 fully saturated rings. The van der Waals surface area contributed by atoms with Crippen molar-refractivity contribution in [3.05, 3.63) is 11.2 Å². The van der Waals surface area contributed by atoms with Crippen LogP contribution in [0.1, 0.15) is 30.3 Å². The zero-order valence-corrected chi connectivity index (χ0v) is 9.17. The second-order valence-electron chi connectivity index (χ2n) is 2.99. The first-order chi connectivity index (χ1) is 7.19. The lowest BCUT2D eigenvalue weighted by atomic mass is 10.1. The Kier molecular flexibility index (Phi) is 4.13. The normalized spacial score (nSPS) is 11.7. The van der Waals surface area contributed by atoms with Gasteiger partial charge in [-0.25, -0.2) is 9.78 Å². The maximum Gasteiger partial charge on any atom is 0.357 e. The van der Waals surface area contributed by atoms with Gasteiger partial charge in [0.25, 0.3) is 0 Å². The van der Waals surface area contributed by atoms with Crippen LogP contribution in [-0.4, -0.2) is 22.1 Å². The number of anilines is 1. The van der Waals surface area contributed by atoms with Crippen LogP contribution in [0.5, 0.6) is 0 Å². The Bertz CT molecular complexity index is 381. The van der Waals surface area contributed by atoms with Gasteiger partial charge in [0.15, 0.2) is 5.69 Å². The Balaban J connectivity index is 2.75. The van der Waals surface area contributed by atoms with Gasteiger partial charge in [-0.1, -0.05) is 6.92 Å². The van der Waals surface area contributed by atoms with Crippen molar-refractivity contribution in [2.24, 2.45) is 0 Å². The van der Waals surface area contributed by atoms with Crippen molar-refractivity contribution in [2.45, 2.75) is 25.8 Å². The van der Waals surface area contributed by atoms with E-state index in [1.807, 2.05) is 6.92 Å². The molecule has 0 aromatic carbocycles. The van der Waals surface area contributed by atoms with Crippen LogP contribution >= 0.6 is 11.3 Å². The van der Waals surface area contributed by atoms with Crippen LogP contribution in [0.3, 0.4) is 0 Å². The van der Waals surface area contributed by atoms with E-state index in [4.69, 9.17) is 11.5 Å². The van der Waals surface area contributed by atoms with Gasteiger partial charge in [0.05, 0.1) is 5.51 Å². The van der Waals surface area contributed by atoms with Gasteiger partial charge in [-0.15, -0.1) is 23.7 Å². The lowest BCUT2D eigenvalue weighted by Crippen LogP contribution is -2.18. The van der Waals surface area contributed by atoms with Crippen molar-refractivity contribution in [3.63, 3.8) is 0 Å². The van der Waals surface area contributed by atoms with E-state index in [-0.39, 0.29) is 11.7 Å². The number of nitrogens with zero attached hydrogens (tertiary/aromatic N) is 1. The lowest BCUT2D eigenvalue weighted by Gasteiger charge is -2.13. The van der Waals surface area contributed by atoms with Crippen LogP contribution in [0.2, 0.25) is 0 Å². The molecule has 1 unspecified atom stereocenters. The fourth-order valence-corrected chi connectivity index (χ4v) is 1.88. The number of thiazole rings is 1. The summed E-state index contributed by atoms with van der Waals surface area (Å²) in [6.07, 6.45) is 6.64. The Morgan fingerprint density at radius 3 is 3.13 bits per heavy atom. The summed E-state index contributed by atoms with van der Waals surface area (Å²) in [7, 11) is 0. The molecule has 1 atom stereocenters. The van der Waals surface area contributed by atoms with Gasteiger partial charge in [-0.2, -0.15) is 0 Å². The molecule has 0 saturated carbocycles. The van der Waals surface area contributed by atoms with Crippen LogP contribution in [-0.2, 0) is 0 Å². The molecule has 0 aliphatic rings. The second kappa shape index (κ2) is 5.37. The molecule has 0 saturated heterocycles. The fraction of sp³-hybridized carbons (Fsp3) is 0.400. The predicted molar refractivity (Wildman–Crippen MR) is 60.2 cm³/mol. The molecule has 1 aromatic rings. The van der Waals surface area contributed by atoms with Crippen molar-refractivity contribution < 1.29 is 9.90 Å². The summed E-state index contributed by atoms with van der Waals surface area (Å²) in [4.78, 5) is 14.5. The Labute approximate surface area is 92.4 Å². The first kappa shape index (κ1) is 11.5. The summed E-state index contributed by atoms with van der Waals surface area (Å²) < 4.78 is 0. The van der Waals surface area contributed by atoms with E-state index in [2.05, 4.69) is 16.2 Å². The number of hydrogen-bond donors (Lipinski definition) is 2. The number of nitrogens with one attached hydrogen (secondary N) is 1. The van der Waals surface area contributed by atoms with Gasteiger partial charge in [-0.3, -0.25) is 0 Å². The molecule has 1 rings (SSSR count). The van der Waals surface area contributed by atoms with Crippen LogP contribution < -0.4 is 5.32 Å². The zero-order valence-electron chi connectivity index (χ0n) is 8.36. The maximum absolute atomic E-state index is 10.8. The number of aromatic nitrogens is 1. The van der Waals surface area contributed by atoms with Gasteiger partial charge in [0, 0.05) is 12.5 Å². The summed E-state index contributed by atoms with van der Waals surface area (Å²) in [6.45, 7) is 2.00. The summed E-state index contributed by atoms with van der Waals surface area (Å²) in [5, 5.41) is 12.5. The average molecular weight is 224 g/mol. The topological polar surface area (TPSA) is 62.2 Å². The van der Waals surface area contributed by atoms with Crippen molar-refractivity contribution in [1.82, 2.24) is 4.98 Å². The third kappa shape index (κ3) is 2.96. The first-order valence-corrected chi connectivity index (χ1v) is 5.43. The second-order valence-corrected chi connectivity index (χ2v) is 3.85. The molecule has 1 heterocycles. The number of carbonyl (C=O) groups is 1. The highest BCUT2D eigenvalue weighted by Crippen LogP contribution is 2.22. The van der Waals surface area contributed by atoms with E-state index >= 15 is 0 Å². The molecule has 1 aromatic heterocycles. The number of carboxylic acid groups (broad SMARTS) is 1. The number of aromatic carboxylic acids is 1. The number of carboxylic acids is 1. The molecule has 5 heteroatoms. The van der Waals surface area contributed by atoms with Crippen LogP contribution in [0.15, 0.2) is 5.51 Å². The minimum atomic E-state index is -1.02. The highest BCUT2D eigenvalue weighted by molar-refractivity contribution is 7.14. The molecular formula is C10H12N2O2S. The molecule has 0 radical (unpaired) electrons. The highest BCUT2D eigenvalue weighted by atomic mass is 32.1. The van der Waals surface area contributed by atoms with E-state index in [9.17, 15) is 4.79 Å². The van der Waals surface area contributed by atoms with E-state index in [0.29, 0.717) is 11.4 Å². The molecule has 4 nitrogen and oxygen atoms in total. The van der Waals surface area contributed by atoms with E-state index in [0.717, 1.165) is 6.42 Å². The van der Waals surface area contributed by atoms with Crippen molar-refractivity contribution in [3.8, 4) is 12.3 Å². The Hall–Kier alpha value is -1.54. The predicted octanol–water partition coefficient (Wildman–Crippen LogP) is 2.06. The molecule has 0 bridgehead atoms. The molecule has 0 aliphatic carbocycles. The third-order valence-corrected chi connectivity index (χ3v) is 2.72. The molecule has 2 N–H and O–H groups in total. The summed E-state index contributed by atoms with van der Waals surface area (Å²) in [6, 6.07) is 0.105. The van der Waals surface area contributed by atoms with Gasteiger partial charge in [-0.05, 0) is 6.42 Å². The fourth-order valence-electron chi connectivity index (χ4n) is 1.13. The SMILES string of the molecule is C#CCC(CC)Nc1scnc1C(=O)O. The van der Waals surface area contributed by atoms with Crippen LogP contribution in [0.25, 0.3) is 0 Å².